The Morgan fingerprint density at radius 2 is 1.75 bits per heavy atom. The van der Waals surface area contributed by atoms with Gasteiger partial charge in [0.25, 0.3) is 0 Å². The van der Waals surface area contributed by atoms with Crippen molar-refractivity contribution in [3.8, 4) is 0 Å². The van der Waals surface area contributed by atoms with Crippen molar-refractivity contribution in [1.82, 2.24) is 5.32 Å². The zero-order valence-electron chi connectivity index (χ0n) is 10.8. The van der Waals surface area contributed by atoms with E-state index in [1.807, 2.05) is 7.05 Å². The lowest BCUT2D eigenvalue weighted by atomic mass is 10.1. The summed E-state index contributed by atoms with van der Waals surface area (Å²) in [4.78, 5) is 0. The van der Waals surface area contributed by atoms with Gasteiger partial charge in [-0.1, -0.05) is 38.1 Å². The first kappa shape index (κ1) is 13.2. The van der Waals surface area contributed by atoms with Crippen LogP contribution in [0.2, 0.25) is 0 Å². The van der Waals surface area contributed by atoms with Gasteiger partial charge in [-0.15, -0.1) is 0 Å². The van der Waals surface area contributed by atoms with Crippen LogP contribution in [0.4, 0.5) is 0 Å². The molecule has 1 unspecified atom stereocenters. The molecule has 0 aliphatic carbocycles. The van der Waals surface area contributed by atoms with Crippen molar-refractivity contribution in [2.24, 2.45) is 5.92 Å². The summed E-state index contributed by atoms with van der Waals surface area (Å²) in [6.45, 7) is 8.10. The third kappa shape index (κ3) is 3.95. The van der Waals surface area contributed by atoms with E-state index in [0.717, 1.165) is 6.54 Å². The molecule has 90 valence electrons. The highest BCUT2D eigenvalue weighted by Crippen LogP contribution is 2.13. The molecule has 16 heavy (non-hydrogen) atoms. The van der Waals surface area contributed by atoms with Crippen LogP contribution in [0.25, 0.3) is 0 Å². The quantitative estimate of drug-likeness (QED) is 0.797. The van der Waals surface area contributed by atoms with Crippen molar-refractivity contribution in [1.29, 1.82) is 0 Å². The molecule has 0 saturated carbocycles. The van der Waals surface area contributed by atoms with E-state index in [1.165, 1.54) is 11.1 Å². The molecule has 2 heteroatoms. The zero-order chi connectivity index (χ0) is 12.0. The highest BCUT2D eigenvalue weighted by molar-refractivity contribution is 5.26. The Morgan fingerprint density at radius 1 is 1.12 bits per heavy atom. The summed E-state index contributed by atoms with van der Waals surface area (Å²) in [7, 11) is 1.97. The maximum absolute atomic E-state index is 5.85. The van der Waals surface area contributed by atoms with Crippen LogP contribution in [0, 0.1) is 5.92 Å². The van der Waals surface area contributed by atoms with E-state index in [1.54, 1.807) is 0 Å². The summed E-state index contributed by atoms with van der Waals surface area (Å²) in [5, 5.41) is 3.18. The van der Waals surface area contributed by atoms with Gasteiger partial charge in [0.1, 0.15) is 0 Å². The fraction of sp³-hybridized carbons (Fsp3) is 0.571. The summed E-state index contributed by atoms with van der Waals surface area (Å²) in [6, 6.07) is 8.43. The van der Waals surface area contributed by atoms with Crippen LogP contribution < -0.4 is 5.32 Å². The second kappa shape index (κ2) is 6.66. The number of hydrogen-bond acceptors (Lipinski definition) is 2. The molecule has 0 heterocycles. The first-order valence-electron chi connectivity index (χ1n) is 5.98. The van der Waals surface area contributed by atoms with Crippen molar-refractivity contribution in [3.05, 3.63) is 35.4 Å². The van der Waals surface area contributed by atoms with Gasteiger partial charge < -0.3 is 10.1 Å². The molecule has 1 aromatic carbocycles. The molecule has 0 saturated heterocycles. The summed E-state index contributed by atoms with van der Waals surface area (Å²) < 4.78 is 5.85. The zero-order valence-corrected chi connectivity index (χ0v) is 10.8. The molecule has 0 aromatic heterocycles. The standard InChI is InChI=1S/C14H23NO/c1-11(2)12(3)16-10-14-8-6-5-7-13(14)9-15-4/h5-8,11-12,15H,9-10H2,1-4H3. The van der Waals surface area contributed by atoms with Gasteiger partial charge in [-0.3, -0.25) is 0 Å². The van der Waals surface area contributed by atoms with Gasteiger partial charge in [0, 0.05) is 6.54 Å². The van der Waals surface area contributed by atoms with Gasteiger partial charge in [-0.05, 0) is 31.0 Å². The van der Waals surface area contributed by atoms with E-state index in [0.29, 0.717) is 18.6 Å². The fourth-order valence-corrected chi connectivity index (χ4v) is 1.47. The molecule has 1 atom stereocenters. The normalized spacial score (nSPS) is 13.1. The molecule has 1 N–H and O–H groups in total. The molecule has 1 aromatic rings. The van der Waals surface area contributed by atoms with E-state index in [4.69, 9.17) is 4.74 Å². The Balaban J connectivity index is 2.58. The first-order valence-corrected chi connectivity index (χ1v) is 5.98. The second-order valence-electron chi connectivity index (χ2n) is 4.56. The summed E-state index contributed by atoms with van der Waals surface area (Å²) in [6.07, 6.45) is 0.308. The van der Waals surface area contributed by atoms with E-state index < -0.39 is 0 Å². The minimum Gasteiger partial charge on any atom is -0.374 e. The predicted octanol–water partition coefficient (Wildman–Crippen LogP) is 2.97. The van der Waals surface area contributed by atoms with Crippen molar-refractivity contribution in [2.75, 3.05) is 7.05 Å². The van der Waals surface area contributed by atoms with Gasteiger partial charge in [0.05, 0.1) is 12.7 Å². The van der Waals surface area contributed by atoms with Crippen molar-refractivity contribution in [2.45, 2.75) is 40.0 Å². The Hall–Kier alpha value is -0.860. The molecule has 0 bridgehead atoms. The fourth-order valence-electron chi connectivity index (χ4n) is 1.47. The van der Waals surface area contributed by atoms with Gasteiger partial charge in [0.15, 0.2) is 0 Å². The van der Waals surface area contributed by atoms with Crippen molar-refractivity contribution in [3.63, 3.8) is 0 Å². The van der Waals surface area contributed by atoms with Crippen LogP contribution in [0.5, 0.6) is 0 Å². The number of benzene rings is 1. The second-order valence-corrected chi connectivity index (χ2v) is 4.56. The number of rotatable bonds is 6. The first-order chi connectivity index (χ1) is 7.65. The minimum absolute atomic E-state index is 0.308. The van der Waals surface area contributed by atoms with Gasteiger partial charge in [-0.2, -0.15) is 0 Å². The van der Waals surface area contributed by atoms with E-state index in [-0.39, 0.29) is 0 Å². The molecular weight excluding hydrogens is 198 g/mol. The molecule has 0 spiro atoms. The Morgan fingerprint density at radius 3 is 2.31 bits per heavy atom. The number of nitrogens with one attached hydrogen (secondary N) is 1. The molecule has 0 radical (unpaired) electrons. The van der Waals surface area contributed by atoms with Crippen LogP contribution in [0.1, 0.15) is 31.9 Å². The van der Waals surface area contributed by atoms with Crippen LogP contribution in [-0.2, 0) is 17.9 Å². The Labute approximate surface area is 99.0 Å². The Kier molecular flexibility index (Phi) is 5.50. The van der Waals surface area contributed by atoms with E-state index in [2.05, 4.69) is 50.4 Å². The summed E-state index contributed by atoms with van der Waals surface area (Å²) >= 11 is 0. The molecule has 1 rings (SSSR count). The number of hydrogen-bond donors (Lipinski definition) is 1. The lowest BCUT2D eigenvalue weighted by Gasteiger charge is -2.18. The molecular formula is C14H23NO. The molecule has 2 nitrogen and oxygen atoms in total. The minimum atomic E-state index is 0.308. The average molecular weight is 221 g/mol. The molecule has 0 amide bonds. The highest BCUT2D eigenvalue weighted by Gasteiger charge is 2.08. The largest absolute Gasteiger partial charge is 0.374 e. The summed E-state index contributed by atoms with van der Waals surface area (Å²) in [5.74, 6) is 0.566. The maximum Gasteiger partial charge on any atom is 0.0723 e. The van der Waals surface area contributed by atoms with Crippen LogP contribution in [0.3, 0.4) is 0 Å². The molecule has 0 aliphatic heterocycles. The monoisotopic (exact) mass is 221 g/mol. The van der Waals surface area contributed by atoms with Gasteiger partial charge in [0.2, 0.25) is 0 Å². The SMILES string of the molecule is CNCc1ccccc1COC(C)C(C)C. The number of ether oxygens (including phenoxy) is 1. The van der Waals surface area contributed by atoms with E-state index in [9.17, 15) is 0 Å². The molecule has 0 fully saturated rings. The van der Waals surface area contributed by atoms with Crippen LogP contribution in [0.15, 0.2) is 24.3 Å². The topological polar surface area (TPSA) is 21.3 Å². The van der Waals surface area contributed by atoms with Crippen molar-refractivity contribution < 1.29 is 4.74 Å². The Bertz CT molecular complexity index is 309. The average Bonchev–Trinajstić information content (AvgIpc) is 2.27. The third-order valence-electron chi connectivity index (χ3n) is 2.93. The lowest BCUT2D eigenvalue weighted by Crippen LogP contribution is -2.16. The third-order valence-corrected chi connectivity index (χ3v) is 2.93. The van der Waals surface area contributed by atoms with Crippen LogP contribution >= 0.6 is 0 Å². The maximum atomic E-state index is 5.85. The summed E-state index contributed by atoms with van der Waals surface area (Å²) in [5.41, 5.74) is 2.60. The highest BCUT2D eigenvalue weighted by atomic mass is 16.5. The molecule has 0 aliphatic rings. The smallest absolute Gasteiger partial charge is 0.0723 e. The van der Waals surface area contributed by atoms with Gasteiger partial charge >= 0.3 is 0 Å². The van der Waals surface area contributed by atoms with Gasteiger partial charge in [-0.25, -0.2) is 0 Å². The van der Waals surface area contributed by atoms with Crippen LogP contribution in [-0.4, -0.2) is 13.2 Å². The lowest BCUT2D eigenvalue weighted by molar-refractivity contribution is 0.0231. The van der Waals surface area contributed by atoms with Crippen molar-refractivity contribution >= 4 is 0 Å². The predicted molar refractivity (Wildman–Crippen MR) is 68.3 cm³/mol. The van der Waals surface area contributed by atoms with E-state index >= 15 is 0 Å².